The summed E-state index contributed by atoms with van der Waals surface area (Å²) in [5.74, 6) is 2.31. The summed E-state index contributed by atoms with van der Waals surface area (Å²) in [6.07, 6.45) is 9.09. The van der Waals surface area contributed by atoms with Crippen molar-refractivity contribution in [1.82, 2.24) is 4.90 Å². The lowest BCUT2D eigenvalue weighted by atomic mass is 9.76. The number of nitrogens with zero attached hydrogens (tertiary/aromatic N) is 1. The molecule has 0 saturated carbocycles. The van der Waals surface area contributed by atoms with Crippen LogP contribution in [0.2, 0.25) is 0 Å². The van der Waals surface area contributed by atoms with E-state index in [1.165, 1.54) is 69.3 Å². The van der Waals surface area contributed by atoms with E-state index in [2.05, 4.69) is 59.5 Å². The first-order valence-electron chi connectivity index (χ1n) is 13.7. The van der Waals surface area contributed by atoms with Crippen LogP contribution in [0.3, 0.4) is 0 Å². The molecular weight excluding hydrogens is 446 g/mol. The quantitative estimate of drug-likeness (QED) is 0.294. The summed E-state index contributed by atoms with van der Waals surface area (Å²) in [4.78, 5) is 2.61. The molecule has 0 bridgehead atoms. The lowest BCUT2D eigenvalue weighted by Gasteiger charge is -2.34. The minimum Gasteiger partial charge on any atom is -0.508 e. The Labute approximate surface area is 215 Å². The Bertz CT molecular complexity index is 1080. The van der Waals surface area contributed by atoms with Crippen molar-refractivity contribution in [2.75, 3.05) is 32.8 Å². The Kier molecular flexibility index (Phi) is 8.45. The molecule has 1 N–H and O–H groups in total. The van der Waals surface area contributed by atoms with Gasteiger partial charge in [0.2, 0.25) is 0 Å². The van der Waals surface area contributed by atoms with Crippen molar-refractivity contribution < 1.29 is 14.6 Å². The Balaban J connectivity index is 1.15. The molecule has 1 saturated heterocycles. The highest BCUT2D eigenvalue weighted by Crippen LogP contribution is 2.47. The van der Waals surface area contributed by atoms with Crippen molar-refractivity contribution in [1.29, 1.82) is 0 Å². The number of hydrogen-bond acceptors (Lipinski definition) is 4. The van der Waals surface area contributed by atoms with E-state index in [1.54, 1.807) is 12.1 Å². The second kappa shape index (κ2) is 12.3. The number of unbranched alkanes of at least 4 members (excludes halogenated alkanes) is 4. The second-order valence-electron chi connectivity index (χ2n) is 10.3. The van der Waals surface area contributed by atoms with Gasteiger partial charge < -0.3 is 19.5 Å². The fourth-order valence-electron chi connectivity index (χ4n) is 5.73. The Morgan fingerprint density at radius 1 is 0.806 bits per heavy atom. The van der Waals surface area contributed by atoms with Crippen LogP contribution < -0.4 is 9.47 Å². The molecule has 36 heavy (non-hydrogen) atoms. The number of fused-ring (bicyclic) bond motifs is 1. The standard InChI is InChI=1S/C32H39NO3/c34-27-15-18-29-31(23-27)36-24-30(25-11-5-4-6-12-25)32(29)26-13-16-28(17-14-26)35-22-10-3-1-2-7-19-33-20-8-9-21-33/h4-6,11-18,23,30,32,34H,1-3,7-10,19-22,24H2/t30-,32+/m1/s1. The van der Waals surface area contributed by atoms with Crippen molar-refractivity contribution in [2.24, 2.45) is 0 Å². The van der Waals surface area contributed by atoms with Crippen molar-refractivity contribution in [3.05, 3.63) is 89.5 Å². The van der Waals surface area contributed by atoms with Gasteiger partial charge in [-0.05, 0) is 74.6 Å². The third kappa shape index (κ3) is 6.22. The SMILES string of the molecule is Oc1ccc2c(c1)OC[C@H](c1ccccc1)[C@H]2c1ccc(OCCCCCCCN2CCCC2)cc1. The van der Waals surface area contributed by atoms with E-state index in [0.29, 0.717) is 6.61 Å². The number of phenols is 1. The Morgan fingerprint density at radius 3 is 2.36 bits per heavy atom. The summed E-state index contributed by atoms with van der Waals surface area (Å²) >= 11 is 0. The molecule has 0 amide bonds. The van der Waals surface area contributed by atoms with E-state index in [0.717, 1.165) is 30.1 Å². The van der Waals surface area contributed by atoms with Gasteiger partial charge in [-0.2, -0.15) is 0 Å². The smallest absolute Gasteiger partial charge is 0.126 e. The molecule has 190 valence electrons. The zero-order valence-electron chi connectivity index (χ0n) is 21.3. The third-order valence-electron chi connectivity index (χ3n) is 7.71. The number of ether oxygens (including phenoxy) is 2. The van der Waals surface area contributed by atoms with Gasteiger partial charge >= 0.3 is 0 Å². The largest absolute Gasteiger partial charge is 0.508 e. The van der Waals surface area contributed by atoms with E-state index in [4.69, 9.17) is 9.47 Å². The predicted molar refractivity (Wildman–Crippen MR) is 145 cm³/mol. The van der Waals surface area contributed by atoms with Gasteiger partial charge in [-0.15, -0.1) is 0 Å². The summed E-state index contributed by atoms with van der Waals surface area (Å²) in [5.41, 5.74) is 3.62. The number of hydrogen-bond donors (Lipinski definition) is 1. The Hall–Kier alpha value is -2.98. The number of benzene rings is 3. The molecule has 2 atom stereocenters. The van der Waals surface area contributed by atoms with Gasteiger partial charge in [0.15, 0.2) is 0 Å². The number of phenolic OH excluding ortho intramolecular Hbond substituents is 1. The summed E-state index contributed by atoms with van der Waals surface area (Å²) < 4.78 is 12.2. The van der Waals surface area contributed by atoms with E-state index in [1.807, 2.05) is 6.07 Å². The van der Waals surface area contributed by atoms with E-state index in [9.17, 15) is 5.11 Å². The van der Waals surface area contributed by atoms with Gasteiger partial charge in [0.05, 0.1) is 13.2 Å². The maximum absolute atomic E-state index is 9.97. The summed E-state index contributed by atoms with van der Waals surface area (Å²) in [7, 11) is 0. The molecule has 0 spiro atoms. The number of aromatic hydroxyl groups is 1. The highest BCUT2D eigenvalue weighted by molar-refractivity contribution is 5.50. The summed E-state index contributed by atoms with van der Waals surface area (Å²) in [6.45, 7) is 5.26. The van der Waals surface area contributed by atoms with Gasteiger partial charge in [0.25, 0.3) is 0 Å². The molecule has 0 radical (unpaired) electrons. The van der Waals surface area contributed by atoms with Crippen molar-refractivity contribution in [3.8, 4) is 17.2 Å². The maximum Gasteiger partial charge on any atom is 0.126 e. The third-order valence-corrected chi connectivity index (χ3v) is 7.71. The monoisotopic (exact) mass is 485 g/mol. The second-order valence-corrected chi connectivity index (χ2v) is 10.3. The van der Waals surface area contributed by atoms with E-state index >= 15 is 0 Å². The zero-order valence-corrected chi connectivity index (χ0v) is 21.3. The van der Waals surface area contributed by atoms with Gasteiger partial charge in [0.1, 0.15) is 17.2 Å². The van der Waals surface area contributed by atoms with Crippen LogP contribution in [0.5, 0.6) is 17.2 Å². The van der Waals surface area contributed by atoms with Crippen LogP contribution in [0.1, 0.15) is 73.5 Å². The van der Waals surface area contributed by atoms with Crippen molar-refractivity contribution in [3.63, 3.8) is 0 Å². The summed E-state index contributed by atoms with van der Waals surface area (Å²) in [5, 5.41) is 9.97. The molecule has 0 aromatic heterocycles. The highest BCUT2D eigenvalue weighted by Gasteiger charge is 2.33. The topological polar surface area (TPSA) is 41.9 Å². The number of likely N-dealkylation sites (tertiary alicyclic amines) is 1. The predicted octanol–water partition coefficient (Wildman–Crippen LogP) is 7.13. The molecule has 4 heteroatoms. The van der Waals surface area contributed by atoms with Crippen LogP contribution in [0.25, 0.3) is 0 Å². The molecule has 0 unspecified atom stereocenters. The average molecular weight is 486 g/mol. The fraction of sp³-hybridized carbons (Fsp3) is 0.438. The minimum absolute atomic E-state index is 0.159. The average Bonchev–Trinajstić information content (AvgIpc) is 3.44. The lowest BCUT2D eigenvalue weighted by molar-refractivity contribution is 0.247. The summed E-state index contributed by atoms with van der Waals surface area (Å²) in [6, 6.07) is 24.6. The molecule has 2 heterocycles. The molecule has 5 rings (SSSR count). The van der Waals surface area contributed by atoms with Crippen LogP contribution in [-0.2, 0) is 0 Å². The first kappa shape index (κ1) is 24.7. The normalized spacial score (nSPS) is 19.6. The molecule has 4 nitrogen and oxygen atoms in total. The van der Waals surface area contributed by atoms with Gasteiger partial charge in [-0.1, -0.05) is 67.8 Å². The fourth-order valence-corrected chi connectivity index (χ4v) is 5.73. The van der Waals surface area contributed by atoms with Crippen LogP contribution in [0.15, 0.2) is 72.8 Å². The van der Waals surface area contributed by atoms with Crippen molar-refractivity contribution >= 4 is 0 Å². The van der Waals surface area contributed by atoms with E-state index < -0.39 is 0 Å². The first-order chi connectivity index (χ1) is 17.8. The molecule has 1 fully saturated rings. The molecule has 0 aliphatic carbocycles. The lowest BCUT2D eigenvalue weighted by Crippen LogP contribution is -2.25. The van der Waals surface area contributed by atoms with Crippen molar-refractivity contribution in [2.45, 2.75) is 56.8 Å². The van der Waals surface area contributed by atoms with E-state index in [-0.39, 0.29) is 17.6 Å². The molecular formula is C32H39NO3. The highest BCUT2D eigenvalue weighted by atomic mass is 16.5. The van der Waals surface area contributed by atoms with Crippen LogP contribution in [0.4, 0.5) is 0 Å². The van der Waals surface area contributed by atoms with Gasteiger partial charge in [-0.3, -0.25) is 0 Å². The zero-order chi connectivity index (χ0) is 24.6. The molecule has 3 aromatic carbocycles. The number of rotatable bonds is 11. The van der Waals surface area contributed by atoms with Crippen LogP contribution >= 0.6 is 0 Å². The minimum atomic E-state index is 0.159. The molecule has 2 aliphatic rings. The maximum atomic E-state index is 9.97. The van der Waals surface area contributed by atoms with Crippen LogP contribution in [-0.4, -0.2) is 42.9 Å². The first-order valence-corrected chi connectivity index (χ1v) is 13.7. The molecule has 3 aromatic rings. The molecule has 2 aliphatic heterocycles. The van der Waals surface area contributed by atoms with Gasteiger partial charge in [0, 0.05) is 23.5 Å². The van der Waals surface area contributed by atoms with Crippen LogP contribution in [0, 0.1) is 0 Å². The Morgan fingerprint density at radius 2 is 1.56 bits per heavy atom. The van der Waals surface area contributed by atoms with Gasteiger partial charge in [-0.25, -0.2) is 0 Å².